The average molecular weight is 394 g/mol. The minimum atomic E-state index is -0.479. The van der Waals surface area contributed by atoms with Crippen molar-refractivity contribution in [2.75, 3.05) is 12.4 Å². The Kier molecular flexibility index (Phi) is 5.13. The van der Waals surface area contributed by atoms with Gasteiger partial charge < -0.3 is 10.1 Å². The van der Waals surface area contributed by atoms with Crippen molar-refractivity contribution in [1.29, 1.82) is 0 Å². The highest BCUT2D eigenvalue weighted by molar-refractivity contribution is 9.10. The van der Waals surface area contributed by atoms with Crippen LogP contribution in [0.1, 0.15) is 18.0 Å². The second-order valence-corrected chi connectivity index (χ2v) is 6.44. The predicted molar refractivity (Wildman–Crippen MR) is 93.1 cm³/mol. The zero-order valence-electron chi connectivity index (χ0n) is 13.0. The Labute approximate surface area is 147 Å². The molecule has 7 heteroatoms. The summed E-state index contributed by atoms with van der Waals surface area (Å²) in [6.45, 7) is 0. The highest BCUT2D eigenvalue weighted by atomic mass is 79.9. The SMILES string of the molecule is COc1cccc(C2CC(C(=O)Nc3ccc(Br)cc3F)NN2)c1. The van der Waals surface area contributed by atoms with Crippen LogP contribution >= 0.6 is 15.9 Å². The third kappa shape index (κ3) is 3.75. The van der Waals surface area contributed by atoms with Crippen molar-refractivity contribution in [3.05, 3.63) is 58.3 Å². The van der Waals surface area contributed by atoms with Crippen LogP contribution in [0.3, 0.4) is 0 Å². The van der Waals surface area contributed by atoms with Crippen molar-refractivity contribution in [2.45, 2.75) is 18.5 Å². The normalized spacial score (nSPS) is 20.0. The van der Waals surface area contributed by atoms with E-state index >= 15 is 0 Å². The number of nitrogens with one attached hydrogen (secondary N) is 3. The Morgan fingerprint density at radius 1 is 1.29 bits per heavy atom. The van der Waals surface area contributed by atoms with E-state index in [4.69, 9.17) is 4.74 Å². The third-order valence-corrected chi connectivity index (χ3v) is 4.40. The van der Waals surface area contributed by atoms with Gasteiger partial charge >= 0.3 is 0 Å². The van der Waals surface area contributed by atoms with E-state index in [0.717, 1.165) is 11.3 Å². The first-order valence-corrected chi connectivity index (χ1v) is 8.27. The smallest absolute Gasteiger partial charge is 0.243 e. The van der Waals surface area contributed by atoms with E-state index in [1.165, 1.54) is 12.1 Å². The number of carbonyl (C=O) groups is 1. The molecule has 1 saturated heterocycles. The van der Waals surface area contributed by atoms with Crippen molar-refractivity contribution < 1.29 is 13.9 Å². The lowest BCUT2D eigenvalue weighted by molar-refractivity contribution is -0.117. The van der Waals surface area contributed by atoms with E-state index in [2.05, 4.69) is 32.1 Å². The molecule has 5 nitrogen and oxygen atoms in total. The van der Waals surface area contributed by atoms with Gasteiger partial charge in [0.15, 0.2) is 0 Å². The second kappa shape index (κ2) is 7.29. The number of rotatable bonds is 4. The van der Waals surface area contributed by atoms with Crippen molar-refractivity contribution in [3.8, 4) is 5.75 Å². The molecule has 0 aliphatic carbocycles. The van der Waals surface area contributed by atoms with Crippen LogP contribution in [0.25, 0.3) is 0 Å². The molecule has 2 aromatic carbocycles. The first-order chi connectivity index (χ1) is 11.6. The molecule has 2 atom stereocenters. The molecule has 1 fully saturated rings. The largest absolute Gasteiger partial charge is 0.497 e. The number of halogens is 2. The molecule has 3 N–H and O–H groups in total. The Balaban J connectivity index is 1.65. The predicted octanol–water partition coefficient (Wildman–Crippen LogP) is 3.14. The van der Waals surface area contributed by atoms with E-state index in [-0.39, 0.29) is 17.6 Å². The van der Waals surface area contributed by atoms with Gasteiger partial charge in [0, 0.05) is 10.5 Å². The maximum atomic E-state index is 13.8. The van der Waals surface area contributed by atoms with Gasteiger partial charge in [0.2, 0.25) is 5.91 Å². The summed E-state index contributed by atoms with van der Waals surface area (Å²) in [6, 6.07) is 11.7. The maximum absolute atomic E-state index is 13.8. The van der Waals surface area contributed by atoms with Crippen LogP contribution in [0.5, 0.6) is 5.75 Å². The van der Waals surface area contributed by atoms with Crippen LogP contribution in [0.15, 0.2) is 46.9 Å². The van der Waals surface area contributed by atoms with Crippen LogP contribution in [0, 0.1) is 5.82 Å². The Morgan fingerprint density at radius 2 is 2.12 bits per heavy atom. The molecule has 126 valence electrons. The van der Waals surface area contributed by atoms with Gasteiger partial charge in [-0.15, -0.1) is 0 Å². The van der Waals surface area contributed by atoms with E-state index in [1.54, 1.807) is 13.2 Å². The molecule has 1 amide bonds. The molecule has 0 saturated carbocycles. The number of benzene rings is 2. The molecular weight excluding hydrogens is 377 g/mol. The van der Waals surface area contributed by atoms with Crippen LogP contribution in [-0.2, 0) is 4.79 Å². The number of hydrazine groups is 1. The summed E-state index contributed by atoms with van der Waals surface area (Å²) in [5.74, 6) is 0.00119. The fourth-order valence-electron chi connectivity index (χ4n) is 2.62. The van der Waals surface area contributed by atoms with Crippen LogP contribution in [0.2, 0.25) is 0 Å². The summed E-state index contributed by atoms with van der Waals surface area (Å²) < 4.78 is 19.7. The van der Waals surface area contributed by atoms with E-state index in [0.29, 0.717) is 10.9 Å². The molecule has 2 unspecified atom stereocenters. The van der Waals surface area contributed by atoms with Gasteiger partial charge in [-0.05, 0) is 42.3 Å². The number of methoxy groups -OCH3 is 1. The Hall–Kier alpha value is -1.96. The highest BCUT2D eigenvalue weighted by Crippen LogP contribution is 2.26. The fourth-order valence-corrected chi connectivity index (χ4v) is 2.95. The standard InChI is InChI=1S/C17H17BrFN3O2/c1-24-12-4-2-3-10(7-12)15-9-16(22-21-15)17(23)20-14-6-5-11(18)8-13(14)19/h2-8,15-16,21-22H,9H2,1H3,(H,20,23). The molecule has 0 radical (unpaired) electrons. The van der Waals surface area contributed by atoms with E-state index in [9.17, 15) is 9.18 Å². The number of anilines is 1. The van der Waals surface area contributed by atoms with E-state index < -0.39 is 11.9 Å². The van der Waals surface area contributed by atoms with Crippen molar-refractivity contribution in [3.63, 3.8) is 0 Å². The molecule has 24 heavy (non-hydrogen) atoms. The summed E-state index contributed by atoms with van der Waals surface area (Å²) in [5.41, 5.74) is 7.24. The van der Waals surface area contributed by atoms with Gasteiger partial charge in [-0.2, -0.15) is 0 Å². The summed E-state index contributed by atoms with van der Waals surface area (Å²) in [4.78, 5) is 12.3. The van der Waals surface area contributed by atoms with E-state index in [1.807, 2.05) is 24.3 Å². The number of carbonyl (C=O) groups excluding carboxylic acids is 1. The van der Waals surface area contributed by atoms with Gasteiger partial charge in [0.25, 0.3) is 0 Å². The first-order valence-electron chi connectivity index (χ1n) is 7.48. The fraction of sp³-hybridized carbons (Fsp3) is 0.235. The molecule has 1 heterocycles. The van der Waals surface area contributed by atoms with Gasteiger partial charge in [0.1, 0.15) is 17.6 Å². The monoisotopic (exact) mass is 393 g/mol. The van der Waals surface area contributed by atoms with Crippen LogP contribution in [0.4, 0.5) is 10.1 Å². The Morgan fingerprint density at radius 3 is 2.88 bits per heavy atom. The average Bonchev–Trinajstić information content (AvgIpc) is 3.07. The molecule has 1 aliphatic rings. The number of ether oxygens (including phenoxy) is 1. The van der Waals surface area contributed by atoms with Gasteiger partial charge in [-0.25, -0.2) is 15.2 Å². The summed E-state index contributed by atoms with van der Waals surface area (Å²) in [6.07, 6.45) is 0.553. The highest BCUT2D eigenvalue weighted by Gasteiger charge is 2.30. The quantitative estimate of drug-likeness (QED) is 0.746. The van der Waals surface area contributed by atoms with Crippen LogP contribution in [-0.4, -0.2) is 19.1 Å². The topological polar surface area (TPSA) is 62.4 Å². The second-order valence-electron chi connectivity index (χ2n) is 5.52. The summed E-state index contributed by atoms with van der Waals surface area (Å²) >= 11 is 3.19. The zero-order chi connectivity index (χ0) is 17.1. The molecule has 2 aromatic rings. The van der Waals surface area contributed by atoms with Gasteiger partial charge in [-0.1, -0.05) is 28.1 Å². The zero-order valence-corrected chi connectivity index (χ0v) is 14.6. The molecule has 0 spiro atoms. The molecule has 0 aromatic heterocycles. The van der Waals surface area contributed by atoms with Crippen molar-refractivity contribution >= 4 is 27.5 Å². The number of hydrogen-bond donors (Lipinski definition) is 3. The molecule has 3 rings (SSSR count). The maximum Gasteiger partial charge on any atom is 0.243 e. The third-order valence-electron chi connectivity index (χ3n) is 3.90. The molecule has 0 bridgehead atoms. The van der Waals surface area contributed by atoms with Crippen molar-refractivity contribution in [1.82, 2.24) is 10.9 Å². The summed E-state index contributed by atoms with van der Waals surface area (Å²) in [5, 5.41) is 2.61. The minimum Gasteiger partial charge on any atom is -0.497 e. The summed E-state index contributed by atoms with van der Waals surface area (Å²) in [7, 11) is 1.61. The number of hydrogen-bond acceptors (Lipinski definition) is 4. The van der Waals surface area contributed by atoms with Gasteiger partial charge in [-0.3, -0.25) is 4.79 Å². The minimum absolute atomic E-state index is 0.0226. The molecular formula is C17H17BrFN3O2. The van der Waals surface area contributed by atoms with Crippen molar-refractivity contribution in [2.24, 2.45) is 0 Å². The first kappa shape index (κ1) is 16.9. The number of amides is 1. The Bertz CT molecular complexity index is 756. The lowest BCUT2D eigenvalue weighted by Gasteiger charge is -2.12. The lowest BCUT2D eigenvalue weighted by Crippen LogP contribution is -2.39. The molecule has 1 aliphatic heterocycles. The van der Waals surface area contributed by atoms with Crippen LogP contribution < -0.4 is 20.9 Å². The lowest BCUT2D eigenvalue weighted by atomic mass is 10.0. The van der Waals surface area contributed by atoms with Gasteiger partial charge in [0.05, 0.1) is 12.8 Å².